The molecule has 2 amide bonds. The van der Waals surface area contributed by atoms with Crippen molar-refractivity contribution in [3.63, 3.8) is 0 Å². The van der Waals surface area contributed by atoms with E-state index in [1.165, 1.54) is 5.56 Å². The molecule has 0 unspecified atom stereocenters. The highest BCUT2D eigenvalue weighted by molar-refractivity contribution is 5.74. The first-order valence-electron chi connectivity index (χ1n) is 8.99. The second kappa shape index (κ2) is 8.05. The third-order valence-corrected chi connectivity index (χ3v) is 4.90. The lowest BCUT2D eigenvalue weighted by atomic mass is 9.90. The summed E-state index contributed by atoms with van der Waals surface area (Å²) < 4.78 is 5.14. The first-order valence-corrected chi connectivity index (χ1v) is 8.99. The molecule has 0 spiro atoms. The van der Waals surface area contributed by atoms with E-state index in [2.05, 4.69) is 29.5 Å². The molecular weight excluding hydrogens is 316 g/mol. The lowest BCUT2D eigenvalue weighted by Gasteiger charge is -2.31. The summed E-state index contributed by atoms with van der Waals surface area (Å²) in [5.41, 5.74) is 9.06. The number of hydrogen-bond acceptors (Lipinski definition) is 4. The molecule has 0 radical (unpaired) electrons. The number of carbonyl (C=O) groups excluding carboxylic acids is 1. The van der Waals surface area contributed by atoms with E-state index in [-0.39, 0.29) is 6.03 Å². The van der Waals surface area contributed by atoms with E-state index in [1.54, 1.807) is 0 Å². The van der Waals surface area contributed by atoms with Crippen molar-refractivity contribution in [3.8, 4) is 0 Å². The lowest BCUT2D eigenvalue weighted by Crippen LogP contribution is -2.44. The van der Waals surface area contributed by atoms with Gasteiger partial charge in [-0.3, -0.25) is 0 Å². The topological polar surface area (TPSA) is 84.4 Å². The Bertz CT molecular complexity index is 691. The van der Waals surface area contributed by atoms with Crippen molar-refractivity contribution in [1.82, 2.24) is 15.4 Å². The van der Waals surface area contributed by atoms with Gasteiger partial charge in [-0.25, -0.2) is 4.79 Å². The van der Waals surface area contributed by atoms with Crippen LogP contribution in [0.25, 0.3) is 0 Å². The van der Waals surface area contributed by atoms with Gasteiger partial charge < -0.3 is 20.5 Å². The third-order valence-electron chi connectivity index (χ3n) is 4.90. The maximum Gasteiger partial charge on any atom is 0.317 e. The molecule has 6 heteroatoms. The van der Waals surface area contributed by atoms with Gasteiger partial charge in [0.15, 0.2) is 0 Å². The number of anilines is 1. The maximum absolute atomic E-state index is 12.3. The molecule has 2 aromatic rings. The number of nitrogens with two attached hydrogens (primary N) is 1. The number of hydrogen-bond donors (Lipinski definition) is 2. The van der Waals surface area contributed by atoms with E-state index >= 15 is 0 Å². The van der Waals surface area contributed by atoms with Gasteiger partial charge in [0.2, 0.25) is 5.88 Å². The zero-order chi connectivity index (χ0) is 17.6. The zero-order valence-electron chi connectivity index (χ0n) is 14.7. The first-order chi connectivity index (χ1) is 12.2. The van der Waals surface area contributed by atoms with Gasteiger partial charge in [0.1, 0.15) is 0 Å². The van der Waals surface area contributed by atoms with Crippen molar-refractivity contribution in [2.45, 2.75) is 38.5 Å². The van der Waals surface area contributed by atoms with Crippen molar-refractivity contribution < 1.29 is 9.32 Å². The number of nitrogens with one attached hydrogen (secondary N) is 1. The standard InChI is InChI=1S/C19H26N4O2/c1-2-16-17(22-25-18(16)20)15-9-12-23(13-10-15)19(24)21-11-8-14-6-4-3-5-7-14/h3-7,15H,2,8-13,20H2,1H3,(H,21,24). The monoisotopic (exact) mass is 342 g/mol. The van der Waals surface area contributed by atoms with E-state index in [4.69, 9.17) is 10.3 Å². The molecule has 0 aliphatic carbocycles. The van der Waals surface area contributed by atoms with E-state index < -0.39 is 0 Å². The second-order valence-electron chi connectivity index (χ2n) is 6.49. The molecule has 6 nitrogen and oxygen atoms in total. The molecule has 1 aromatic carbocycles. The molecule has 1 fully saturated rings. The Balaban J connectivity index is 1.46. The van der Waals surface area contributed by atoms with Crippen molar-refractivity contribution >= 4 is 11.9 Å². The highest BCUT2D eigenvalue weighted by Crippen LogP contribution is 2.32. The normalized spacial score (nSPS) is 15.3. The predicted octanol–water partition coefficient (Wildman–Crippen LogP) is 2.95. The van der Waals surface area contributed by atoms with Gasteiger partial charge in [-0.05, 0) is 31.2 Å². The van der Waals surface area contributed by atoms with Gasteiger partial charge in [-0.15, -0.1) is 0 Å². The van der Waals surface area contributed by atoms with Gasteiger partial charge in [0.25, 0.3) is 0 Å². The average molecular weight is 342 g/mol. The van der Waals surface area contributed by atoms with E-state index in [0.29, 0.717) is 18.3 Å². The summed E-state index contributed by atoms with van der Waals surface area (Å²) in [6.45, 7) is 4.18. The molecule has 25 heavy (non-hydrogen) atoms. The first kappa shape index (κ1) is 17.3. The molecule has 0 bridgehead atoms. The number of rotatable bonds is 5. The number of nitrogens with zero attached hydrogens (tertiary/aromatic N) is 2. The van der Waals surface area contributed by atoms with E-state index in [1.807, 2.05) is 23.1 Å². The summed E-state index contributed by atoms with van der Waals surface area (Å²) in [5, 5.41) is 7.16. The van der Waals surface area contributed by atoms with Gasteiger partial charge in [-0.2, -0.15) is 0 Å². The van der Waals surface area contributed by atoms with Crippen molar-refractivity contribution in [2.24, 2.45) is 0 Å². The van der Waals surface area contributed by atoms with Crippen LogP contribution in [0, 0.1) is 0 Å². The Hall–Kier alpha value is -2.50. The summed E-state index contributed by atoms with van der Waals surface area (Å²) in [5.74, 6) is 0.753. The molecule has 3 rings (SSSR count). The molecule has 1 aliphatic rings. The van der Waals surface area contributed by atoms with E-state index in [0.717, 1.165) is 50.0 Å². The van der Waals surface area contributed by atoms with Gasteiger partial charge in [0, 0.05) is 31.1 Å². The van der Waals surface area contributed by atoms with Crippen LogP contribution in [0.3, 0.4) is 0 Å². The van der Waals surface area contributed by atoms with Crippen LogP contribution in [0.15, 0.2) is 34.9 Å². The lowest BCUT2D eigenvalue weighted by molar-refractivity contribution is 0.180. The van der Waals surface area contributed by atoms with Crippen LogP contribution in [0.2, 0.25) is 0 Å². The summed E-state index contributed by atoms with van der Waals surface area (Å²) in [6, 6.07) is 10.2. The number of nitrogen functional groups attached to an aromatic ring is 1. The molecule has 1 aliphatic heterocycles. The number of urea groups is 1. The van der Waals surface area contributed by atoms with Crippen molar-refractivity contribution in [3.05, 3.63) is 47.2 Å². The molecule has 1 saturated heterocycles. The fraction of sp³-hybridized carbons (Fsp3) is 0.474. The molecular formula is C19H26N4O2. The highest BCUT2D eigenvalue weighted by Gasteiger charge is 2.28. The molecule has 134 valence electrons. The molecule has 3 N–H and O–H groups in total. The Kier molecular flexibility index (Phi) is 5.58. The van der Waals surface area contributed by atoms with E-state index in [9.17, 15) is 4.79 Å². The van der Waals surface area contributed by atoms with Gasteiger partial charge in [0.05, 0.1) is 5.69 Å². The summed E-state index contributed by atoms with van der Waals surface area (Å²) in [6.07, 6.45) is 3.46. The Morgan fingerprint density at radius 1 is 1.32 bits per heavy atom. The van der Waals surface area contributed by atoms with Crippen LogP contribution >= 0.6 is 0 Å². The SMILES string of the molecule is CCc1c(C2CCN(C(=O)NCCc3ccccc3)CC2)noc1N. The van der Waals surface area contributed by atoms with Crippen LogP contribution in [0.4, 0.5) is 10.7 Å². The molecule has 1 aromatic heterocycles. The minimum absolute atomic E-state index is 0.0183. The van der Waals surface area contributed by atoms with Crippen LogP contribution in [0.1, 0.15) is 42.5 Å². The third kappa shape index (κ3) is 4.13. The summed E-state index contributed by atoms with van der Waals surface area (Å²) in [7, 11) is 0. The summed E-state index contributed by atoms with van der Waals surface area (Å²) in [4.78, 5) is 14.2. The largest absolute Gasteiger partial charge is 0.367 e. The smallest absolute Gasteiger partial charge is 0.317 e. The van der Waals surface area contributed by atoms with Crippen LogP contribution in [-0.2, 0) is 12.8 Å². The maximum atomic E-state index is 12.3. The summed E-state index contributed by atoms with van der Waals surface area (Å²) >= 11 is 0. The fourth-order valence-corrected chi connectivity index (χ4v) is 3.44. The van der Waals surface area contributed by atoms with Gasteiger partial charge >= 0.3 is 6.03 Å². The number of benzene rings is 1. The molecule has 0 saturated carbocycles. The number of likely N-dealkylation sites (tertiary alicyclic amines) is 1. The van der Waals surface area contributed by atoms with Crippen LogP contribution in [0.5, 0.6) is 0 Å². The minimum atomic E-state index is 0.0183. The Morgan fingerprint density at radius 2 is 2.04 bits per heavy atom. The molecule has 0 atom stereocenters. The highest BCUT2D eigenvalue weighted by atomic mass is 16.5. The zero-order valence-corrected chi connectivity index (χ0v) is 14.7. The van der Waals surface area contributed by atoms with Crippen LogP contribution in [-0.4, -0.2) is 35.7 Å². The second-order valence-corrected chi connectivity index (χ2v) is 6.49. The van der Waals surface area contributed by atoms with Crippen molar-refractivity contribution in [1.29, 1.82) is 0 Å². The Labute approximate surface area is 148 Å². The number of aromatic nitrogens is 1. The number of amides is 2. The average Bonchev–Trinajstić information content (AvgIpc) is 3.03. The van der Waals surface area contributed by atoms with Crippen molar-refractivity contribution in [2.75, 3.05) is 25.4 Å². The Morgan fingerprint density at radius 3 is 2.72 bits per heavy atom. The van der Waals surface area contributed by atoms with Crippen LogP contribution < -0.4 is 11.1 Å². The number of piperidine rings is 1. The fourth-order valence-electron chi connectivity index (χ4n) is 3.44. The minimum Gasteiger partial charge on any atom is -0.367 e. The number of carbonyl (C=O) groups is 1. The molecule has 2 heterocycles. The van der Waals surface area contributed by atoms with Gasteiger partial charge in [-0.1, -0.05) is 42.4 Å². The quantitative estimate of drug-likeness (QED) is 0.875. The predicted molar refractivity (Wildman–Crippen MR) is 97.4 cm³/mol.